The molecule has 162 valence electrons. The monoisotopic (exact) mass is 431 g/mol. The maximum absolute atomic E-state index is 12.5. The van der Waals surface area contributed by atoms with Gasteiger partial charge in [0, 0.05) is 38.3 Å². The van der Waals surface area contributed by atoms with E-state index in [1.54, 1.807) is 12.1 Å². The highest BCUT2D eigenvalue weighted by Crippen LogP contribution is 2.14. The minimum Gasteiger partial charge on any atom is -0.377 e. The van der Waals surface area contributed by atoms with Crippen molar-refractivity contribution in [3.05, 3.63) is 65.7 Å². The first-order valence-electron chi connectivity index (χ1n) is 10.2. The molecule has 0 aliphatic carbocycles. The van der Waals surface area contributed by atoms with E-state index in [-0.39, 0.29) is 23.5 Å². The molecular formula is C22H29N3O4S. The molecule has 0 bridgehead atoms. The van der Waals surface area contributed by atoms with Crippen molar-refractivity contribution in [2.75, 3.05) is 33.3 Å². The predicted octanol–water partition coefficient (Wildman–Crippen LogP) is 2.01. The molecule has 3 rings (SSSR count). The third-order valence-electron chi connectivity index (χ3n) is 5.01. The zero-order valence-electron chi connectivity index (χ0n) is 17.2. The Kier molecular flexibility index (Phi) is 7.98. The molecule has 8 heteroatoms. The van der Waals surface area contributed by atoms with Crippen molar-refractivity contribution in [2.24, 2.45) is 0 Å². The number of ether oxygens (including phenoxy) is 1. The van der Waals surface area contributed by atoms with Crippen LogP contribution in [0, 0.1) is 0 Å². The summed E-state index contributed by atoms with van der Waals surface area (Å²) in [5.41, 5.74) is 1.53. The minimum atomic E-state index is -3.69. The van der Waals surface area contributed by atoms with Crippen LogP contribution in [0.25, 0.3) is 0 Å². The number of sulfonamides is 1. The summed E-state index contributed by atoms with van der Waals surface area (Å²) in [6, 6.07) is 16.2. The SMILES string of the molecule is CN(CCNC(=O)c1cccc(S(=O)(=O)NCC2CCCO2)c1)Cc1ccccc1. The first kappa shape index (κ1) is 22.4. The lowest BCUT2D eigenvalue weighted by Crippen LogP contribution is -2.33. The fourth-order valence-electron chi connectivity index (χ4n) is 3.33. The Morgan fingerprint density at radius 1 is 1.17 bits per heavy atom. The van der Waals surface area contributed by atoms with Gasteiger partial charge in [-0.2, -0.15) is 0 Å². The van der Waals surface area contributed by atoms with E-state index in [1.807, 2.05) is 25.2 Å². The number of amides is 1. The summed E-state index contributed by atoms with van der Waals surface area (Å²) in [6.45, 7) is 2.86. The number of carbonyl (C=O) groups is 1. The Hall–Kier alpha value is -2.26. The van der Waals surface area contributed by atoms with Crippen molar-refractivity contribution < 1.29 is 17.9 Å². The summed E-state index contributed by atoms with van der Waals surface area (Å²) in [6.07, 6.45) is 1.71. The van der Waals surface area contributed by atoms with Crippen molar-refractivity contribution in [1.29, 1.82) is 0 Å². The lowest BCUT2D eigenvalue weighted by Gasteiger charge is -2.17. The smallest absolute Gasteiger partial charge is 0.251 e. The van der Waals surface area contributed by atoms with E-state index in [2.05, 4.69) is 27.1 Å². The van der Waals surface area contributed by atoms with Gasteiger partial charge in [0.1, 0.15) is 0 Å². The Labute approximate surface area is 178 Å². The van der Waals surface area contributed by atoms with Crippen LogP contribution in [-0.4, -0.2) is 58.6 Å². The van der Waals surface area contributed by atoms with Crippen LogP contribution in [0.5, 0.6) is 0 Å². The molecule has 7 nitrogen and oxygen atoms in total. The van der Waals surface area contributed by atoms with Crippen LogP contribution >= 0.6 is 0 Å². The number of likely N-dealkylation sites (N-methyl/N-ethyl adjacent to an activating group) is 1. The second-order valence-corrected chi connectivity index (χ2v) is 9.26. The van der Waals surface area contributed by atoms with E-state index >= 15 is 0 Å². The molecular weight excluding hydrogens is 402 g/mol. The fourth-order valence-corrected chi connectivity index (χ4v) is 4.44. The number of benzene rings is 2. The van der Waals surface area contributed by atoms with E-state index in [4.69, 9.17) is 4.74 Å². The zero-order valence-corrected chi connectivity index (χ0v) is 18.0. The first-order valence-corrected chi connectivity index (χ1v) is 11.6. The van der Waals surface area contributed by atoms with Gasteiger partial charge in [-0.25, -0.2) is 13.1 Å². The topological polar surface area (TPSA) is 87.7 Å². The molecule has 1 unspecified atom stereocenters. The van der Waals surface area contributed by atoms with Gasteiger partial charge >= 0.3 is 0 Å². The Morgan fingerprint density at radius 3 is 2.70 bits per heavy atom. The third-order valence-corrected chi connectivity index (χ3v) is 6.43. The van der Waals surface area contributed by atoms with E-state index in [0.717, 1.165) is 19.4 Å². The molecule has 30 heavy (non-hydrogen) atoms. The molecule has 1 fully saturated rings. The fraction of sp³-hybridized carbons (Fsp3) is 0.409. The molecule has 1 aliphatic heterocycles. The Bertz CT molecular complexity index is 928. The number of nitrogens with one attached hydrogen (secondary N) is 2. The van der Waals surface area contributed by atoms with E-state index in [9.17, 15) is 13.2 Å². The van der Waals surface area contributed by atoms with Gasteiger partial charge in [-0.15, -0.1) is 0 Å². The summed E-state index contributed by atoms with van der Waals surface area (Å²) < 4.78 is 33.1. The molecule has 2 aromatic carbocycles. The van der Waals surface area contributed by atoms with Crippen LogP contribution in [0.15, 0.2) is 59.5 Å². The van der Waals surface area contributed by atoms with Crippen LogP contribution < -0.4 is 10.0 Å². The Morgan fingerprint density at radius 2 is 1.97 bits per heavy atom. The summed E-state index contributed by atoms with van der Waals surface area (Å²) >= 11 is 0. The largest absolute Gasteiger partial charge is 0.377 e. The van der Waals surface area contributed by atoms with Crippen LogP contribution in [0.1, 0.15) is 28.8 Å². The van der Waals surface area contributed by atoms with Crippen molar-refractivity contribution in [2.45, 2.75) is 30.4 Å². The number of nitrogens with zero attached hydrogens (tertiary/aromatic N) is 1. The van der Waals surface area contributed by atoms with Crippen molar-refractivity contribution in [3.63, 3.8) is 0 Å². The van der Waals surface area contributed by atoms with Crippen LogP contribution in [0.2, 0.25) is 0 Å². The van der Waals surface area contributed by atoms with Gasteiger partial charge in [0.15, 0.2) is 0 Å². The first-order chi connectivity index (χ1) is 14.4. The molecule has 1 saturated heterocycles. The van der Waals surface area contributed by atoms with E-state index in [1.165, 1.54) is 17.7 Å². The summed E-state index contributed by atoms with van der Waals surface area (Å²) in [5, 5.41) is 2.86. The summed E-state index contributed by atoms with van der Waals surface area (Å²) in [5.74, 6) is -0.292. The maximum Gasteiger partial charge on any atom is 0.251 e. The van der Waals surface area contributed by atoms with Crippen molar-refractivity contribution >= 4 is 15.9 Å². The molecule has 0 aromatic heterocycles. The second-order valence-electron chi connectivity index (χ2n) is 7.49. The molecule has 1 amide bonds. The molecule has 1 atom stereocenters. The Balaban J connectivity index is 1.49. The van der Waals surface area contributed by atoms with Gasteiger partial charge < -0.3 is 15.0 Å². The highest BCUT2D eigenvalue weighted by Gasteiger charge is 2.21. The van der Waals surface area contributed by atoms with Gasteiger partial charge in [0.2, 0.25) is 10.0 Å². The normalized spacial score (nSPS) is 16.7. The summed E-state index contributed by atoms with van der Waals surface area (Å²) in [7, 11) is -1.70. The van der Waals surface area contributed by atoms with E-state index < -0.39 is 10.0 Å². The van der Waals surface area contributed by atoms with Gasteiger partial charge in [0.25, 0.3) is 5.91 Å². The number of hydrogen-bond acceptors (Lipinski definition) is 5. The minimum absolute atomic E-state index is 0.0781. The molecule has 0 saturated carbocycles. The molecule has 0 spiro atoms. The van der Waals surface area contributed by atoms with Crippen LogP contribution in [0.4, 0.5) is 0 Å². The van der Waals surface area contributed by atoms with Crippen LogP contribution in [-0.2, 0) is 21.3 Å². The average Bonchev–Trinajstić information content (AvgIpc) is 3.27. The average molecular weight is 432 g/mol. The van der Waals surface area contributed by atoms with Crippen LogP contribution in [0.3, 0.4) is 0 Å². The number of hydrogen-bond donors (Lipinski definition) is 2. The van der Waals surface area contributed by atoms with Crippen molar-refractivity contribution in [3.8, 4) is 0 Å². The third kappa shape index (κ3) is 6.63. The maximum atomic E-state index is 12.5. The lowest BCUT2D eigenvalue weighted by molar-refractivity contribution is 0.0949. The lowest BCUT2D eigenvalue weighted by atomic mass is 10.2. The molecule has 2 N–H and O–H groups in total. The molecule has 1 heterocycles. The highest BCUT2D eigenvalue weighted by molar-refractivity contribution is 7.89. The summed E-state index contributed by atoms with van der Waals surface area (Å²) in [4.78, 5) is 14.7. The van der Waals surface area contributed by atoms with Crippen molar-refractivity contribution in [1.82, 2.24) is 14.9 Å². The highest BCUT2D eigenvalue weighted by atomic mass is 32.2. The van der Waals surface area contributed by atoms with Gasteiger partial charge in [0.05, 0.1) is 11.0 Å². The number of carbonyl (C=O) groups excluding carboxylic acids is 1. The van der Waals surface area contributed by atoms with E-state index in [0.29, 0.717) is 25.3 Å². The quantitative estimate of drug-likeness (QED) is 0.601. The van der Waals surface area contributed by atoms with Gasteiger partial charge in [-0.05, 0) is 43.7 Å². The molecule has 0 radical (unpaired) electrons. The zero-order chi connectivity index (χ0) is 21.4. The predicted molar refractivity (Wildman–Crippen MR) is 116 cm³/mol. The standard InChI is InChI=1S/C22H29N3O4S/c1-25(17-18-7-3-2-4-8-18)13-12-23-22(26)19-9-5-11-21(15-19)30(27,28)24-16-20-10-6-14-29-20/h2-5,7-9,11,15,20,24H,6,10,12-14,16-17H2,1H3,(H,23,26). The van der Waals surface area contributed by atoms with Gasteiger partial charge in [-0.3, -0.25) is 4.79 Å². The molecule has 1 aliphatic rings. The second kappa shape index (κ2) is 10.7. The van der Waals surface area contributed by atoms with Gasteiger partial charge in [-0.1, -0.05) is 36.4 Å². The molecule has 2 aromatic rings. The number of rotatable bonds is 10.